The lowest BCUT2D eigenvalue weighted by molar-refractivity contribution is -0.138. The topological polar surface area (TPSA) is 137 Å². The highest BCUT2D eigenvalue weighted by molar-refractivity contribution is 7.22. The third kappa shape index (κ3) is 11.0. The Bertz CT molecular complexity index is 1930. The van der Waals surface area contributed by atoms with Crippen LogP contribution in [-0.4, -0.2) is 40.2 Å². The quantitative estimate of drug-likeness (QED) is 0.121. The molecule has 0 aliphatic rings. The number of hydrogen-bond donors (Lipinski definition) is 3. The lowest BCUT2D eigenvalue weighted by atomic mass is 9.96. The number of thiazole rings is 2. The first-order valence-corrected chi connectivity index (χ1v) is 17.8. The Morgan fingerprint density at radius 1 is 0.720 bits per heavy atom. The van der Waals surface area contributed by atoms with Gasteiger partial charge in [-0.15, -0.1) is 0 Å². The molecule has 0 spiro atoms. The number of rotatable bonds is 11. The van der Waals surface area contributed by atoms with Crippen LogP contribution in [0.3, 0.4) is 0 Å². The summed E-state index contributed by atoms with van der Waals surface area (Å²) in [5.74, 6) is 0.404. The average molecular weight is 715 g/mol. The van der Waals surface area contributed by atoms with Crippen LogP contribution < -0.4 is 20.5 Å². The van der Waals surface area contributed by atoms with E-state index in [0.29, 0.717) is 29.9 Å². The molecule has 0 fully saturated rings. The predicted octanol–water partition coefficient (Wildman–Crippen LogP) is 10.0. The van der Waals surface area contributed by atoms with Crippen LogP contribution in [0.5, 0.6) is 11.5 Å². The second-order valence-electron chi connectivity index (χ2n) is 10.8. The van der Waals surface area contributed by atoms with Crippen LogP contribution in [0.15, 0.2) is 97.1 Å². The second kappa shape index (κ2) is 19.9. The zero-order chi connectivity index (χ0) is 35.2. The number of nitrogens with two attached hydrogens (primary N) is 1. The molecular weight excluding hydrogens is 669 g/mol. The third-order valence-corrected chi connectivity index (χ3v) is 9.20. The molecule has 0 saturated heterocycles. The fraction of sp³-hybridized carbons (Fsp3) is 0.282. The second-order valence-corrected chi connectivity index (χ2v) is 12.9. The number of aromatic nitrogens is 2. The molecule has 4 N–H and O–H groups in total. The van der Waals surface area contributed by atoms with Crippen LogP contribution in [-0.2, 0) is 9.59 Å². The number of nitrogens with zero attached hydrogens (tertiary/aromatic N) is 2. The highest BCUT2D eigenvalue weighted by Crippen LogP contribution is 2.31. The van der Waals surface area contributed by atoms with Crippen molar-refractivity contribution in [2.24, 2.45) is 0 Å². The van der Waals surface area contributed by atoms with Crippen LogP contribution in [0, 0.1) is 0 Å². The van der Waals surface area contributed by atoms with Crippen molar-refractivity contribution in [2.75, 3.05) is 24.3 Å². The van der Waals surface area contributed by atoms with E-state index in [1.54, 1.807) is 0 Å². The molecule has 2 heterocycles. The molecule has 6 aromatic rings. The van der Waals surface area contributed by atoms with E-state index in [2.05, 4.69) is 15.3 Å². The zero-order valence-corrected chi connectivity index (χ0v) is 29.7. The molecule has 0 radical (unpaired) electrons. The van der Waals surface area contributed by atoms with Crippen LogP contribution >= 0.6 is 22.7 Å². The van der Waals surface area contributed by atoms with E-state index >= 15 is 0 Å². The summed E-state index contributed by atoms with van der Waals surface area (Å²) in [6, 6.07) is 30.7. The number of carboxylic acids is 1. The first kappa shape index (κ1) is 39.4. The Balaban J connectivity index is 0.000000220. The van der Waals surface area contributed by atoms with Crippen LogP contribution in [0.1, 0.15) is 70.9 Å². The number of fused-ring (bicyclic) bond motifs is 2. The summed E-state index contributed by atoms with van der Waals surface area (Å²) in [6.07, 6.45) is 1.38. The number of carboxylic acid groups (broad SMARTS) is 1. The van der Waals surface area contributed by atoms with Gasteiger partial charge in [-0.25, -0.2) is 9.97 Å². The molecule has 0 aliphatic carbocycles. The smallest absolute Gasteiger partial charge is 0.310 e. The van der Waals surface area contributed by atoms with E-state index in [1.165, 1.54) is 22.7 Å². The standard InChI is InChI=1S/C19H20N2O2S.C10H12O2.C9H10N2OS.CH4/c1-3-15(13-8-6-5-7-9-13)18(22)21-19-20-16-11-10-14(23-4-2)12-17(16)24-19;1-2-9(10(11)12)8-6-4-3-5-7-8;1-2-12-6-3-4-7-8(5-6)13-9(10)11-7;/h5-12,15H,3-4H2,1-2H3,(H,20,21,22);3-7,9H,2H2,1H3,(H,11,12);3-5H,2H2,1H3,(H2,10,11);1H4. The SMILES string of the molecule is C.CCC(C(=O)O)c1ccccc1.CCOc1ccc2nc(N)sc2c1.CCOc1ccc2nc(NC(=O)C(CC)c3ccccc3)sc2c1. The average Bonchev–Trinajstić information content (AvgIpc) is 3.68. The minimum Gasteiger partial charge on any atom is -0.494 e. The van der Waals surface area contributed by atoms with Crippen molar-refractivity contribution >= 4 is 65.2 Å². The van der Waals surface area contributed by atoms with E-state index in [4.69, 9.17) is 20.3 Å². The van der Waals surface area contributed by atoms with Gasteiger partial charge in [-0.05, 0) is 74.2 Å². The summed E-state index contributed by atoms with van der Waals surface area (Å²) in [6.45, 7) is 9.13. The van der Waals surface area contributed by atoms with Crippen molar-refractivity contribution in [3.05, 3.63) is 108 Å². The Kier molecular flexibility index (Phi) is 15.7. The van der Waals surface area contributed by atoms with E-state index < -0.39 is 5.97 Å². The summed E-state index contributed by atoms with van der Waals surface area (Å²) in [7, 11) is 0. The number of anilines is 2. The number of hydrogen-bond acceptors (Lipinski definition) is 9. The predicted molar refractivity (Wildman–Crippen MR) is 208 cm³/mol. The van der Waals surface area contributed by atoms with Crippen molar-refractivity contribution in [1.82, 2.24) is 9.97 Å². The van der Waals surface area contributed by atoms with Gasteiger partial charge in [0.05, 0.1) is 45.5 Å². The molecule has 50 heavy (non-hydrogen) atoms. The third-order valence-electron chi connectivity index (χ3n) is 7.42. The molecule has 9 nitrogen and oxygen atoms in total. The van der Waals surface area contributed by atoms with Crippen LogP contribution in [0.25, 0.3) is 20.4 Å². The number of carbonyl (C=O) groups is 2. The van der Waals surface area contributed by atoms with Crippen molar-refractivity contribution in [3.63, 3.8) is 0 Å². The molecule has 2 unspecified atom stereocenters. The minimum absolute atomic E-state index is 0. The van der Waals surface area contributed by atoms with Crippen molar-refractivity contribution in [2.45, 2.75) is 59.8 Å². The number of aliphatic carboxylic acids is 1. The van der Waals surface area contributed by atoms with Gasteiger partial charge in [0.25, 0.3) is 0 Å². The molecule has 6 rings (SSSR count). The zero-order valence-electron chi connectivity index (χ0n) is 28.1. The van der Waals surface area contributed by atoms with Gasteiger partial charge >= 0.3 is 5.97 Å². The number of amides is 1. The molecule has 0 bridgehead atoms. The molecule has 2 aromatic heterocycles. The van der Waals surface area contributed by atoms with E-state index in [0.717, 1.165) is 49.5 Å². The number of nitrogen functional groups attached to an aromatic ring is 1. The lowest BCUT2D eigenvalue weighted by Gasteiger charge is -2.13. The van der Waals surface area contributed by atoms with Crippen molar-refractivity contribution in [3.8, 4) is 11.5 Å². The molecular formula is C39H46N4O5S2. The summed E-state index contributed by atoms with van der Waals surface area (Å²) < 4.78 is 12.9. The highest BCUT2D eigenvalue weighted by Gasteiger charge is 2.20. The fourth-order valence-electron chi connectivity index (χ4n) is 5.08. The van der Waals surface area contributed by atoms with Crippen molar-refractivity contribution in [1.29, 1.82) is 0 Å². The largest absolute Gasteiger partial charge is 0.494 e. The number of benzene rings is 4. The summed E-state index contributed by atoms with van der Waals surface area (Å²) in [4.78, 5) is 32.0. The molecule has 4 aromatic carbocycles. The molecule has 2 atom stereocenters. The highest BCUT2D eigenvalue weighted by atomic mass is 32.1. The minimum atomic E-state index is -0.747. The van der Waals surface area contributed by atoms with Crippen LogP contribution in [0.2, 0.25) is 0 Å². The molecule has 0 aliphatic heterocycles. The Morgan fingerprint density at radius 2 is 1.20 bits per heavy atom. The number of ether oxygens (including phenoxy) is 2. The first-order valence-electron chi connectivity index (χ1n) is 16.2. The summed E-state index contributed by atoms with van der Waals surface area (Å²) in [5, 5.41) is 13.0. The monoisotopic (exact) mass is 714 g/mol. The van der Waals surface area contributed by atoms with Gasteiger partial charge in [0.2, 0.25) is 5.91 Å². The fourth-order valence-corrected chi connectivity index (χ4v) is 6.74. The van der Waals surface area contributed by atoms with E-state index in [1.807, 2.05) is 125 Å². The molecule has 11 heteroatoms. The maximum Gasteiger partial charge on any atom is 0.310 e. The summed E-state index contributed by atoms with van der Waals surface area (Å²) >= 11 is 2.94. The van der Waals surface area contributed by atoms with Gasteiger partial charge in [0, 0.05) is 0 Å². The normalized spacial score (nSPS) is 11.5. The van der Waals surface area contributed by atoms with E-state index in [-0.39, 0.29) is 25.2 Å². The molecule has 264 valence electrons. The van der Waals surface area contributed by atoms with Gasteiger partial charge < -0.3 is 25.6 Å². The van der Waals surface area contributed by atoms with Gasteiger partial charge in [0.15, 0.2) is 10.3 Å². The van der Waals surface area contributed by atoms with Crippen LogP contribution in [0.4, 0.5) is 10.3 Å². The van der Waals surface area contributed by atoms with Gasteiger partial charge in [0.1, 0.15) is 11.5 Å². The lowest BCUT2D eigenvalue weighted by Crippen LogP contribution is -2.20. The maximum atomic E-state index is 12.6. The van der Waals surface area contributed by atoms with Gasteiger partial charge in [-0.3, -0.25) is 9.59 Å². The van der Waals surface area contributed by atoms with E-state index in [9.17, 15) is 9.59 Å². The summed E-state index contributed by atoms with van der Waals surface area (Å²) in [5.41, 5.74) is 9.29. The Morgan fingerprint density at radius 3 is 1.68 bits per heavy atom. The van der Waals surface area contributed by atoms with Gasteiger partial charge in [-0.1, -0.05) is 105 Å². The maximum absolute atomic E-state index is 12.6. The first-order chi connectivity index (χ1) is 23.8. The molecule has 0 saturated carbocycles. The van der Waals surface area contributed by atoms with Gasteiger partial charge in [-0.2, -0.15) is 0 Å². The van der Waals surface area contributed by atoms with Crippen molar-refractivity contribution < 1.29 is 24.2 Å². The molecule has 1 amide bonds. The Labute approximate surface area is 302 Å². The Hall–Kier alpha value is -5.00. The number of carbonyl (C=O) groups excluding carboxylic acids is 1. The number of nitrogens with one attached hydrogen (secondary N) is 1.